The van der Waals surface area contributed by atoms with Crippen molar-refractivity contribution in [3.8, 4) is 11.5 Å². The van der Waals surface area contributed by atoms with E-state index in [-0.39, 0.29) is 5.91 Å². The van der Waals surface area contributed by atoms with Crippen molar-refractivity contribution < 1.29 is 14.3 Å². The molecule has 0 bridgehead atoms. The molecule has 4 nitrogen and oxygen atoms in total. The predicted molar refractivity (Wildman–Crippen MR) is 92.9 cm³/mol. The number of carbonyl (C=O) groups is 1. The van der Waals surface area contributed by atoms with Crippen LogP contribution in [-0.4, -0.2) is 19.6 Å². The molecule has 1 N–H and O–H groups in total. The minimum atomic E-state index is -0.222. The van der Waals surface area contributed by atoms with Crippen LogP contribution < -0.4 is 14.8 Å². The third-order valence-corrected chi connectivity index (χ3v) is 3.16. The lowest BCUT2D eigenvalue weighted by atomic mass is 10.2. The number of para-hydroxylation sites is 3. The van der Waals surface area contributed by atoms with Gasteiger partial charge in [0.1, 0.15) is 11.5 Å². The molecule has 0 unspecified atom stereocenters. The van der Waals surface area contributed by atoms with E-state index in [1.807, 2.05) is 36.4 Å². The largest absolute Gasteiger partial charge is 0.495 e. The zero-order chi connectivity index (χ0) is 16.5. The number of ether oxygens (including phenoxy) is 2. The lowest BCUT2D eigenvalue weighted by Crippen LogP contribution is -2.08. The number of methoxy groups -OCH3 is 1. The molecule has 0 spiro atoms. The number of benzene rings is 2. The standard InChI is InChI=1S/C19H21NO3/c1-3-14-23-17-10-6-4-8-15(17)12-13-19(21)20-16-9-5-7-11-18(16)22-2/h4-13H,3,14H2,1-2H3,(H,20,21)/b13-12+. The Morgan fingerprint density at radius 1 is 1.09 bits per heavy atom. The number of carbonyl (C=O) groups excluding carboxylic acids is 1. The summed E-state index contributed by atoms with van der Waals surface area (Å²) in [5.74, 6) is 1.18. The Hall–Kier alpha value is -2.75. The number of nitrogens with one attached hydrogen (secondary N) is 1. The van der Waals surface area contributed by atoms with Gasteiger partial charge in [0.15, 0.2) is 0 Å². The van der Waals surface area contributed by atoms with Crippen molar-refractivity contribution in [2.75, 3.05) is 19.0 Å². The van der Waals surface area contributed by atoms with Crippen molar-refractivity contribution in [1.29, 1.82) is 0 Å². The summed E-state index contributed by atoms with van der Waals surface area (Å²) in [5, 5.41) is 2.80. The Labute approximate surface area is 136 Å². The number of hydrogen-bond donors (Lipinski definition) is 1. The molecule has 0 radical (unpaired) electrons. The summed E-state index contributed by atoms with van der Waals surface area (Å²) in [6.45, 7) is 2.71. The quantitative estimate of drug-likeness (QED) is 0.782. The highest BCUT2D eigenvalue weighted by atomic mass is 16.5. The smallest absolute Gasteiger partial charge is 0.248 e. The summed E-state index contributed by atoms with van der Waals surface area (Å²) in [6, 6.07) is 14.9. The van der Waals surface area contributed by atoms with Crippen LogP contribution in [0.5, 0.6) is 11.5 Å². The van der Waals surface area contributed by atoms with Crippen LogP contribution >= 0.6 is 0 Å². The van der Waals surface area contributed by atoms with Crippen molar-refractivity contribution in [3.05, 3.63) is 60.2 Å². The Morgan fingerprint density at radius 2 is 1.78 bits per heavy atom. The number of amides is 1. The summed E-state index contributed by atoms with van der Waals surface area (Å²) >= 11 is 0. The third kappa shape index (κ3) is 4.88. The van der Waals surface area contributed by atoms with Gasteiger partial charge in [0.05, 0.1) is 19.4 Å². The molecule has 0 saturated heterocycles. The SMILES string of the molecule is CCCOc1ccccc1/C=C/C(=O)Nc1ccccc1OC. The lowest BCUT2D eigenvalue weighted by molar-refractivity contribution is -0.111. The molecule has 0 atom stereocenters. The Balaban J connectivity index is 2.06. The molecule has 120 valence electrons. The van der Waals surface area contributed by atoms with Gasteiger partial charge in [-0.2, -0.15) is 0 Å². The highest BCUT2D eigenvalue weighted by Crippen LogP contribution is 2.23. The first-order valence-corrected chi connectivity index (χ1v) is 7.58. The molecule has 0 saturated carbocycles. The molecule has 0 heterocycles. The highest BCUT2D eigenvalue weighted by molar-refractivity contribution is 6.02. The predicted octanol–water partition coefficient (Wildman–Crippen LogP) is 4.14. The first kappa shape index (κ1) is 16.6. The van der Waals surface area contributed by atoms with Crippen LogP contribution in [0.3, 0.4) is 0 Å². The van der Waals surface area contributed by atoms with E-state index in [1.165, 1.54) is 6.08 Å². The van der Waals surface area contributed by atoms with E-state index in [9.17, 15) is 4.79 Å². The first-order chi connectivity index (χ1) is 11.2. The molecule has 23 heavy (non-hydrogen) atoms. The zero-order valence-electron chi connectivity index (χ0n) is 13.4. The van der Waals surface area contributed by atoms with Crippen LogP contribution in [0, 0.1) is 0 Å². The Bertz CT molecular complexity index is 680. The van der Waals surface area contributed by atoms with Gasteiger partial charge in [-0.15, -0.1) is 0 Å². The van der Waals surface area contributed by atoms with Crippen LogP contribution in [0.2, 0.25) is 0 Å². The molecule has 0 aliphatic rings. The van der Waals surface area contributed by atoms with Crippen molar-refractivity contribution >= 4 is 17.7 Å². The maximum absolute atomic E-state index is 12.1. The van der Waals surface area contributed by atoms with E-state index < -0.39 is 0 Å². The van der Waals surface area contributed by atoms with Gasteiger partial charge in [-0.25, -0.2) is 0 Å². The van der Waals surface area contributed by atoms with E-state index in [2.05, 4.69) is 12.2 Å². The molecule has 2 aromatic rings. The van der Waals surface area contributed by atoms with Crippen molar-refractivity contribution in [1.82, 2.24) is 0 Å². The van der Waals surface area contributed by atoms with Crippen LogP contribution in [0.25, 0.3) is 6.08 Å². The molecular formula is C19H21NO3. The lowest BCUT2D eigenvalue weighted by Gasteiger charge is -2.09. The van der Waals surface area contributed by atoms with Crippen LogP contribution in [0.15, 0.2) is 54.6 Å². The van der Waals surface area contributed by atoms with Crippen molar-refractivity contribution in [2.45, 2.75) is 13.3 Å². The molecule has 2 aromatic carbocycles. The second-order valence-electron chi connectivity index (χ2n) is 4.91. The molecular weight excluding hydrogens is 290 g/mol. The van der Waals surface area contributed by atoms with E-state index in [0.29, 0.717) is 18.0 Å². The maximum Gasteiger partial charge on any atom is 0.248 e. The monoisotopic (exact) mass is 311 g/mol. The van der Waals surface area contributed by atoms with Crippen molar-refractivity contribution in [2.24, 2.45) is 0 Å². The van der Waals surface area contributed by atoms with Crippen LogP contribution in [-0.2, 0) is 4.79 Å². The van der Waals surface area contributed by atoms with Crippen molar-refractivity contribution in [3.63, 3.8) is 0 Å². The molecule has 0 aromatic heterocycles. The molecule has 4 heteroatoms. The zero-order valence-corrected chi connectivity index (χ0v) is 13.4. The van der Waals surface area contributed by atoms with E-state index in [4.69, 9.17) is 9.47 Å². The van der Waals surface area contributed by atoms with Gasteiger partial charge < -0.3 is 14.8 Å². The van der Waals surface area contributed by atoms with Gasteiger partial charge in [0.25, 0.3) is 0 Å². The fraction of sp³-hybridized carbons (Fsp3) is 0.211. The number of anilines is 1. The Morgan fingerprint density at radius 3 is 2.52 bits per heavy atom. The van der Waals surface area contributed by atoms with Gasteiger partial charge in [0, 0.05) is 11.6 Å². The maximum atomic E-state index is 12.1. The van der Waals surface area contributed by atoms with Gasteiger partial charge >= 0.3 is 0 Å². The molecule has 0 aliphatic carbocycles. The van der Waals surface area contributed by atoms with Gasteiger partial charge in [-0.1, -0.05) is 37.3 Å². The fourth-order valence-corrected chi connectivity index (χ4v) is 2.05. The van der Waals surface area contributed by atoms with E-state index in [0.717, 1.165) is 17.7 Å². The minimum Gasteiger partial charge on any atom is -0.495 e. The summed E-state index contributed by atoms with van der Waals surface area (Å²) < 4.78 is 10.9. The summed E-state index contributed by atoms with van der Waals surface area (Å²) in [5.41, 5.74) is 1.51. The number of rotatable bonds is 7. The van der Waals surface area contributed by atoms with Crippen LogP contribution in [0.4, 0.5) is 5.69 Å². The summed E-state index contributed by atoms with van der Waals surface area (Å²) in [6.07, 6.45) is 4.17. The normalized spacial score (nSPS) is 10.5. The average Bonchev–Trinajstić information content (AvgIpc) is 2.59. The fourth-order valence-electron chi connectivity index (χ4n) is 2.05. The minimum absolute atomic E-state index is 0.222. The summed E-state index contributed by atoms with van der Waals surface area (Å²) in [4.78, 5) is 12.1. The van der Waals surface area contributed by atoms with E-state index >= 15 is 0 Å². The molecule has 0 fully saturated rings. The highest BCUT2D eigenvalue weighted by Gasteiger charge is 2.05. The molecule has 2 rings (SSSR count). The number of hydrogen-bond acceptors (Lipinski definition) is 3. The van der Waals surface area contributed by atoms with E-state index in [1.54, 1.807) is 25.3 Å². The average molecular weight is 311 g/mol. The van der Waals surface area contributed by atoms with Crippen LogP contribution in [0.1, 0.15) is 18.9 Å². The third-order valence-electron chi connectivity index (χ3n) is 3.16. The Kier molecular flexibility index (Phi) is 6.24. The van der Waals surface area contributed by atoms with Gasteiger partial charge in [-0.3, -0.25) is 4.79 Å². The van der Waals surface area contributed by atoms with Gasteiger partial charge in [0.2, 0.25) is 5.91 Å². The van der Waals surface area contributed by atoms with Gasteiger partial charge in [-0.05, 0) is 30.7 Å². The molecule has 1 amide bonds. The second kappa shape index (κ2) is 8.63. The summed E-state index contributed by atoms with van der Waals surface area (Å²) in [7, 11) is 1.57. The second-order valence-corrected chi connectivity index (χ2v) is 4.91. The molecule has 0 aliphatic heterocycles. The topological polar surface area (TPSA) is 47.6 Å². The first-order valence-electron chi connectivity index (χ1n) is 7.58.